The molecular weight excluding hydrogens is 377 g/mol. The first-order valence-corrected chi connectivity index (χ1v) is 10.7. The zero-order valence-electron chi connectivity index (χ0n) is 16.9. The van der Waals surface area contributed by atoms with Gasteiger partial charge in [-0.2, -0.15) is 0 Å². The van der Waals surface area contributed by atoms with Crippen molar-refractivity contribution in [3.63, 3.8) is 0 Å². The van der Waals surface area contributed by atoms with E-state index in [1.165, 1.54) is 13.2 Å². The lowest BCUT2D eigenvalue weighted by Gasteiger charge is -2.41. The average molecular weight is 408 g/mol. The van der Waals surface area contributed by atoms with E-state index in [0.29, 0.717) is 30.2 Å². The smallest absolute Gasteiger partial charge is 0.131 e. The van der Waals surface area contributed by atoms with Gasteiger partial charge in [-0.1, -0.05) is 19.9 Å². The summed E-state index contributed by atoms with van der Waals surface area (Å²) in [4.78, 5) is 9.41. The van der Waals surface area contributed by atoms with E-state index in [2.05, 4.69) is 29.0 Å². The second kappa shape index (κ2) is 9.78. The van der Waals surface area contributed by atoms with Gasteiger partial charge in [-0.25, -0.2) is 9.37 Å². The highest BCUT2D eigenvalue weighted by atomic mass is 32.1. The van der Waals surface area contributed by atoms with Crippen molar-refractivity contribution in [2.45, 2.75) is 45.3 Å². The summed E-state index contributed by atoms with van der Waals surface area (Å²) in [5.41, 5.74) is 1.82. The number of methoxy groups -OCH3 is 1. The molecule has 1 saturated heterocycles. The number of nitrogens with zero attached hydrogens (tertiary/aromatic N) is 3. The molecule has 1 aromatic carbocycles. The van der Waals surface area contributed by atoms with Crippen molar-refractivity contribution in [2.75, 3.05) is 33.4 Å². The van der Waals surface area contributed by atoms with Gasteiger partial charge in [0, 0.05) is 55.8 Å². The van der Waals surface area contributed by atoms with Crippen molar-refractivity contribution in [3.8, 4) is 5.75 Å². The highest BCUT2D eigenvalue weighted by molar-refractivity contribution is 7.09. The molecule has 0 spiro atoms. The molecule has 0 saturated carbocycles. The van der Waals surface area contributed by atoms with Crippen molar-refractivity contribution in [1.29, 1.82) is 0 Å². The third kappa shape index (κ3) is 5.29. The summed E-state index contributed by atoms with van der Waals surface area (Å²) < 4.78 is 19.5. The normalized spacial score (nSPS) is 18.7. The first-order chi connectivity index (χ1) is 13.5. The van der Waals surface area contributed by atoms with Crippen molar-refractivity contribution in [2.24, 2.45) is 0 Å². The Kier molecular flexibility index (Phi) is 7.40. The summed E-state index contributed by atoms with van der Waals surface area (Å²) in [6, 6.07) is 5.22. The molecule has 0 bridgehead atoms. The Morgan fingerprint density at radius 3 is 2.79 bits per heavy atom. The summed E-state index contributed by atoms with van der Waals surface area (Å²) >= 11 is 1.72. The molecule has 2 aromatic rings. The highest BCUT2D eigenvalue weighted by Crippen LogP contribution is 2.23. The lowest BCUT2D eigenvalue weighted by atomic mass is 10.1. The van der Waals surface area contributed by atoms with E-state index in [4.69, 9.17) is 9.72 Å². The van der Waals surface area contributed by atoms with Gasteiger partial charge in [0.25, 0.3) is 0 Å². The second-order valence-corrected chi connectivity index (χ2v) is 8.59. The Morgan fingerprint density at radius 2 is 2.14 bits per heavy atom. The van der Waals surface area contributed by atoms with Gasteiger partial charge < -0.3 is 9.84 Å². The molecule has 3 rings (SSSR count). The predicted octanol–water partition coefficient (Wildman–Crippen LogP) is 3.48. The summed E-state index contributed by atoms with van der Waals surface area (Å²) in [6.07, 6.45) is 0.684. The first kappa shape index (κ1) is 21.2. The van der Waals surface area contributed by atoms with Crippen molar-refractivity contribution >= 4 is 11.3 Å². The van der Waals surface area contributed by atoms with Crippen molar-refractivity contribution in [1.82, 2.24) is 14.8 Å². The molecule has 0 amide bonds. The quantitative estimate of drug-likeness (QED) is 0.726. The van der Waals surface area contributed by atoms with Crippen LogP contribution in [0.4, 0.5) is 4.39 Å². The minimum Gasteiger partial charge on any atom is -0.497 e. The van der Waals surface area contributed by atoms with E-state index in [-0.39, 0.29) is 18.5 Å². The number of thiazole rings is 1. The largest absolute Gasteiger partial charge is 0.497 e. The number of hydrogen-bond acceptors (Lipinski definition) is 6. The van der Waals surface area contributed by atoms with Gasteiger partial charge in [-0.05, 0) is 18.4 Å². The summed E-state index contributed by atoms with van der Waals surface area (Å²) in [6.45, 7) is 8.45. The van der Waals surface area contributed by atoms with Crippen LogP contribution in [-0.4, -0.2) is 59.3 Å². The van der Waals surface area contributed by atoms with Gasteiger partial charge >= 0.3 is 0 Å². The van der Waals surface area contributed by atoms with Gasteiger partial charge in [0.1, 0.15) is 16.6 Å². The predicted molar refractivity (Wildman–Crippen MR) is 110 cm³/mol. The molecule has 1 fully saturated rings. The summed E-state index contributed by atoms with van der Waals surface area (Å²) in [5, 5.41) is 12.8. The molecule has 2 heterocycles. The molecule has 1 N–H and O–H groups in total. The fourth-order valence-corrected chi connectivity index (χ4v) is 4.58. The van der Waals surface area contributed by atoms with E-state index in [1.807, 2.05) is 0 Å². The van der Waals surface area contributed by atoms with Crippen LogP contribution in [0.15, 0.2) is 23.6 Å². The maximum Gasteiger partial charge on any atom is 0.131 e. The zero-order valence-corrected chi connectivity index (χ0v) is 17.7. The number of aliphatic hydroxyl groups excluding tert-OH is 1. The van der Waals surface area contributed by atoms with E-state index in [0.717, 1.165) is 36.9 Å². The number of benzene rings is 1. The molecule has 1 atom stereocenters. The van der Waals surface area contributed by atoms with Crippen molar-refractivity contribution in [3.05, 3.63) is 45.7 Å². The van der Waals surface area contributed by atoms with Gasteiger partial charge in [0.05, 0.1) is 19.3 Å². The third-order valence-corrected chi connectivity index (χ3v) is 6.16. The van der Waals surface area contributed by atoms with Crippen LogP contribution in [0.2, 0.25) is 0 Å². The highest BCUT2D eigenvalue weighted by Gasteiger charge is 2.28. The van der Waals surface area contributed by atoms with Crippen LogP contribution in [0.3, 0.4) is 0 Å². The molecule has 0 aliphatic carbocycles. The lowest BCUT2D eigenvalue weighted by molar-refractivity contribution is 0.0492. The number of halogens is 1. The Morgan fingerprint density at radius 1 is 1.32 bits per heavy atom. The number of rotatable bonds is 8. The molecule has 1 aromatic heterocycles. The number of aliphatic hydroxyl groups is 1. The molecule has 5 nitrogen and oxygen atoms in total. The number of ether oxygens (including phenoxy) is 1. The van der Waals surface area contributed by atoms with Crippen LogP contribution < -0.4 is 4.74 Å². The lowest BCUT2D eigenvalue weighted by Crippen LogP contribution is -2.52. The van der Waals surface area contributed by atoms with E-state index < -0.39 is 0 Å². The van der Waals surface area contributed by atoms with E-state index in [1.54, 1.807) is 23.5 Å². The van der Waals surface area contributed by atoms with Crippen molar-refractivity contribution < 1.29 is 14.2 Å². The minimum absolute atomic E-state index is 0.134. The van der Waals surface area contributed by atoms with Crippen LogP contribution in [0.25, 0.3) is 0 Å². The summed E-state index contributed by atoms with van der Waals surface area (Å²) in [7, 11) is 1.54. The second-order valence-electron chi connectivity index (χ2n) is 7.65. The standard InChI is InChI=1S/C21H30FN3O2S/c1-15(2)20-14-28-21(23-20)13-24-7-8-25(17(12-24)6-9-26)11-16-4-5-18(27-3)10-19(16)22/h4-5,10,14-15,17,26H,6-9,11-13H2,1-3H3/t17-/m0/s1. The maximum atomic E-state index is 14.4. The van der Waals surface area contributed by atoms with Crippen LogP contribution >= 0.6 is 11.3 Å². The molecule has 154 valence electrons. The van der Waals surface area contributed by atoms with Crippen LogP contribution in [0.1, 0.15) is 42.5 Å². The van der Waals surface area contributed by atoms with Crippen LogP contribution in [0, 0.1) is 5.82 Å². The first-order valence-electron chi connectivity index (χ1n) is 9.84. The zero-order chi connectivity index (χ0) is 20.1. The van der Waals surface area contributed by atoms with Gasteiger partial charge in [-0.3, -0.25) is 9.80 Å². The monoisotopic (exact) mass is 407 g/mol. The fourth-order valence-electron chi connectivity index (χ4n) is 3.59. The summed E-state index contributed by atoms with van der Waals surface area (Å²) in [5.74, 6) is 0.735. The van der Waals surface area contributed by atoms with Gasteiger partial charge in [-0.15, -0.1) is 11.3 Å². The molecule has 0 unspecified atom stereocenters. The molecule has 7 heteroatoms. The third-order valence-electron chi connectivity index (χ3n) is 5.30. The topological polar surface area (TPSA) is 48.8 Å². The molecule has 1 aliphatic rings. The Labute approximate surface area is 170 Å². The van der Waals surface area contributed by atoms with Crippen LogP contribution in [-0.2, 0) is 13.1 Å². The Hall–Kier alpha value is -1.54. The SMILES string of the molecule is COc1ccc(CN2CCN(Cc3nc(C(C)C)cs3)C[C@@H]2CCO)c(F)c1. The average Bonchev–Trinajstić information content (AvgIpc) is 3.14. The Balaban J connectivity index is 1.63. The maximum absolute atomic E-state index is 14.4. The number of piperazine rings is 1. The van der Waals surface area contributed by atoms with Gasteiger partial charge in [0.15, 0.2) is 0 Å². The molecule has 28 heavy (non-hydrogen) atoms. The number of hydrogen-bond donors (Lipinski definition) is 1. The number of aromatic nitrogens is 1. The molecule has 0 radical (unpaired) electrons. The minimum atomic E-state index is -0.242. The van der Waals surface area contributed by atoms with Gasteiger partial charge in [0.2, 0.25) is 0 Å². The van der Waals surface area contributed by atoms with Crippen LogP contribution in [0.5, 0.6) is 5.75 Å². The van der Waals surface area contributed by atoms with E-state index in [9.17, 15) is 9.50 Å². The Bertz CT molecular complexity index is 768. The van der Waals surface area contributed by atoms with E-state index >= 15 is 0 Å². The fraction of sp³-hybridized carbons (Fsp3) is 0.571. The molecule has 1 aliphatic heterocycles. The molecular formula is C21H30FN3O2S.